The van der Waals surface area contributed by atoms with E-state index in [2.05, 4.69) is 41.7 Å². The number of hydrogen-bond acceptors (Lipinski definition) is 6. The molecular weight excluding hydrogens is 648 g/mol. The molecule has 5 aliphatic rings. The van der Waals surface area contributed by atoms with Crippen molar-refractivity contribution in [1.82, 2.24) is 31.1 Å². The van der Waals surface area contributed by atoms with Crippen molar-refractivity contribution in [3.05, 3.63) is 12.7 Å². The van der Waals surface area contributed by atoms with Gasteiger partial charge in [0, 0.05) is 32.6 Å². The second-order valence-electron chi connectivity index (χ2n) is 17.6. The maximum Gasteiger partial charge on any atom is 0.315 e. The molecule has 0 aromatic carbocycles. The summed E-state index contributed by atoms with van der Waals surface area (Å²) < 4.78 is 0. The minimum absolute atomic E-state index is 0.0982. The Morgan fingerprint density at radius 1 is 0.941 bits per heavy atom. The number of carbonyl (C=O) groups is 6. The number of amides is 6. The van der Waals surface area contributed by atoms with Gasteiger partial charge in [-0.25, -0.2) is 4.79 Å². The Morgan fingerprint density at radius 3 is 2.25 bits per heavy atom. The molecule has 284 valence electrons. The first-order valence-electron chi connectivity index (χ1n) is 19.5. The molecule has 2 aliphatic heterocycles. The topological polar surface area (TPSA) is 157 Å². The van der Waals surface area contributed by atoms with E-state index in [-0.39, 0.29) is 53.5 Å². The van der Waals surface area contributed by atoms with Gasteiger partial charge in [-0.2, -0.15) is 0 Å². The maximum absolute atomic E-state index is 14.6. The fourth-order valence-electron chi connectivity index (χ4n) is 9.07. The van der Waals surface area contributed by atoms with Crippen molar-refractivity contribution < 1.29 is 28.8 Å². The molecule has 0 radical (unpaired) electrons. The third-order valence-corrected chi connectivity index (χ3v) is 12.6. The van der Waals surface area contributed by atoms with Crippen LogP contribution in [0.2, 0.25) is 0 Å². The Labute approximate surface area is 304 Å². The largest absolute Gasteiger partial charge is 0.346 e. The molecular formula is C39H62N6O6. The number of piperidine rings is 2. The van der Waals surface area contributed by atoms with Crippen LogP contribution in [0.15, 0.2) is 12.7 Å². The van der Waals surface area contributed by atoms with Crippen LogP contribution < -0.4 is 21.3 Å². The number of fused-ring (bicyclic) bond motifs is 1. The van der Waals surface area contributed by atoms with Gasteiger partial charge in [0.25, 0.3) is 5.91 Å². The Balaban J connectivity index is 1.32. The predicted molar refractivity (Wildman–Crippen MR) is 194 cm³/mol. The molecule has 4 N–H and O–H groups in total. The minimum atomic E-state index is -0.990. The van der Waals surface area contributed by atoms with Crippen molar-refractivity contribution in [2.24, 2.45) is 34.5 Å². The van der Waals surface area contributed by atoms with E-state index in [0.29, 0.717) is 32.5 Å². The van der Waals surface area contributed by atoms with Gasteiger partial charge in [-0.05, 0) is 66.6 Å². The summed E-state index contributed by atoms with van der Waals surface area (Å²) in [4.78, 5) is 84.8. The smallest absolute Gasteiger partial charge is 0.315 e. The van der Waals surface area contributed by atoms with Crippen LogP contribution in [0.4, 0.5) is 4.79 Å². The SMILES string of the molecule is C=CCNC(=O)C(=O)C(CC1CCC1)NC(=O)[C@@H]1[C@@H]2[C@H](CN1C(=O)[C@@H](NC(=O)N[C@H](CN1CCCCC1=O)C1CCCCC1)C(C)(C)C)C2(C)C. The quantitative estimate of drug-likeness (QED) is 0.159. The molecule has 0 bridgehead atoms. The maximum atomic E-state index is 14.6. The van der Waals surface area contributed by atoms with Crippen LogP contribution in [0, 0.1) is 34.5 Å². The van der Waals surface area contributed by atoms with Crippen LogP contribution in [0.1, 0.15) is 112 Å². The lowest BCUT2D eigenvalue weighted by Gasteiger charge is -2.39. The summed E-state index contributed by atoms with van der Waals surface area (Å²) >= 11 is 0. The van der Waals surface area contributed by atoms with Gasteiger partial charge in [0.1, 0.15) is 12.1 Å². The van der Waals surface area contributed by atoms with Crippen molar-refractivity contribution in [3.8, 4) is 0 Å². The number of urea groups is 1. The van der Waals surface area contributed by atoms with E-state index in [4.69, 9.17) is 0 Å². The molecule has 0 aromatic heterocycles. The Hall–Kier alpha value is -3.44. The summed E-state index contributed by atoms with van der Waals surface area (Å²) in [6.07, 6.45) is 12.5. The van der Waals surface area contributed by atoms with Crippen LogP contribution in [-0.4, -0.2) is 95.6 Å². The number of nitrogens with zero attached hydrogens (tertiary/aromatic N) is 2. The van der Waals surface area contributed by atoms with Crippen molar-refractivity contribution in [3.63, 3.8) is 0 Å². The predicted octanol–water partition coefficient (Wildman–Crippen LogP) is 3.69. The highest BCUT2D eigenvalue weighted by Gasteiger charge is 2.70. The fourth-order valence-corrected chi connectivity index (χ4v) is 9.07. The van der Waals surface area contributed by atoms with Gasteiger partial charge < -0.3 is 31.1 Å². The molecule has 3 saturated carbocycles. The van der Waals surface area contributed by atoms with E-state index >= 15 is 0 Å². The summed E-state index contributed by atoms with van der Waals surface area (Å²) in [6.45, 7) is 15.1. The zero-order valence-electron chi connectivity index (χ0n) is 31.6. The molecule has 2 saturated heterocycles. The van der Waals surface area contributed by atoms with E-state index in [1.165, 1.54) is 12.5 Å². The van der Waals surface area contributed by atoms with E-state index in [1.807, 2.05) is 25.7 Å². The number of carbonyl (C=O) groups excluding carboxylic acids is 6. The van der Waals surface area contributed by atoms with E-state index in [1.54, 1.807) is 4.90 Å². The second kappa shape index (κ2) is 16.1. The van der Waals surface area contributed by atoms with Crippen molar-refractivity contribution in [2.45, 2.75) is 136 Å². The van der Waals surface area contributed by atoms with Gasteiger partial charge in [-0.15, -0.1) is 6.58 Å². The molecule has 0 spiro atoms. The van der Waals surface area contributed by atoms with E-state index in [0.717, 1.165) is 57.8 Å². The number of Topliss-reactive ketones (excluding diaryl/α,β-unsaturated/α-hetero) is 1. The number of nitrogens with one attached hydrogen (secondary N) is 4. The van der Waals surface area contributed by atoms with Crippen LogP contribution in [-0.2, 0) is 24.0 Å². The Morgan fingerprint density at radius 2 is 1.65 bits per heavy atom. The Bertz CT molecular complexity index is 1350. The van der Waals surface area contributed by atoms with Gasteiger partial charge in [-0.1, -0.05) is 79.2 Å². The van der Waals surface area contributed by atoms with Crippen LogP contribution in [0.5, 0.6) is 0 Å². The van der Waals surface area contributed by atoms with Gasteiger partial charge in [0.15, 0.2) is 0 Å². The van der Waals surface area contributed by atoms with Gasteiger partial charge in [0.2, 0.25) is 23.5 Å². The lowest BCUT2D eigenvalue weighted by Crippen LogP contribution is -2.62. The first kappa shape index (κ1) is 38.8. The first-order chi connectivity index (χ1) is 24.1. The summed E-state index contributed by atoms with van der Waals surface area (Å²) in [6, 6.07) is -3.44. The van der Waals surface area contributed by atoms with Crippen molar-refractivity contribution in [1.29, 1.82) is 0 Å². The summed E-state index contributed by atoms with van der Waals surface area (Å²) in [5.74, 6) is -1.62. The molecule has 12 nitrogen and oxygen atoms in total. The fraction of sp³-hybridized carbons (Fsp3) is 0.795. The van der Waals surface area contributed by atoms with E-state index in [9.17, 15) is 28.8 Å². The van der Waals surface area contributed by atoms with Crippen LogP contribution >= 0.6 is 0 Å². The lowest BCUT2D eigenvalue weighted by atomic mass is 9.80. The van der Waals surface area contributed by atoms with Crippen molar-refractivity contribution in [2.75, 3.05) is 26.2 Å². The van der Waals surface area contributed by atoms with Crippen LogP contribution in [0.25, 0.3) is 0 Å². The lowest BCUT2D eigenvalue weighted by molar-refractivity contribution is -0.145. The normalized spacial score (nSPS) is 26.5. The number of ketones is 1. The average Bonchev–Trinajstić information content (AvgIpc) is 3.37. The number of rotatable bonds is 14. The summed E-state index contributed by atoms with van der Waals surface area (Å²) in [7, 11) is 0. The molecule has 1 unspecified atom stereocenters. The average molecular weight is 711 g/mol. The van der Waals surface area contributed by atoms with Gasteiger partial charge in [0.05, 0.1) is 12.1 Å². The third-order valence-electron chi connectivity index (χ3n) is 12.6. The van der Waals surface area contributed by atoms with Crippen molar-refractivity contribution >= 4 is 35.4 Å². The molecule has 2 heterocycles. The van der Waals surface area contributed by atoms with E-state index < -0.39 is 47.2 Å². The first-order valence-corrected chi connectivity index (χ1v) is 19.5. The molecule has 12 heteroatoms. The zero-order chi connectivity index (χ0) is 37.1. The molecule has 5 rings (SSSR count). The highest BCUT2D eigenvalue weighted by atomic mass is 16.2. The van der Waals surface area contributed by atoms with Gasteiger partial charge >= 0.3 is 6.03 Å². The summed E-state index contributed by atoms with van der Waals surface area (Å²) in [5.41, 5.74) is -0.860. The highest BCUT2D eigenvalue weighted by Crippen LogP contribution is 2.65. The standard InChI is InChI=1S/C39H62N6O6/c1-7-19-40-35(49)32(47)27(21-24-14-13-15-24)41-34(48)31-30-26(39(30,5)6)22-45(31)36(50)33(38(2,3)4)43-37(51)42-28(25-16-9-8-10-17-25)23-44-20-12-11-18-29(44)46/h7,24-28,30-31,33H,1,8-23H2,2-6H3,(H,40,49)(H,41,48)(H2,42,43,51)/t26-,27?,28+,30-,31-,33+/m0/s1. The molecule has 0 aromatic rings. The molecule has 3 aliphatic carbocycles. The molecule has 5 fully saturated rings. The van der Waals surface area contributed by atoms with Crippen LogP contribution in [0.3, 0.4) is 0 Å². The van der Waals surface area contributed by atoms with Gasteiger partial charge in [-0.3, -0.25) is 24.0 Å². The number of hydrogen-bond donors (Lipinski definition) is 4. The second-order valence-corrected chi connectivity index (χ2v) is 17.6. The zero-order valence-corrected chi connectivity index (χ0v) is 31.6. The molecule has 51 heavy (non-hydrogen) atoms. The molecule has 6 atom stereocenters. The summed E-state index contributed by atoms with van der Waals surface area (Å²) in [5, 5.41) is 11.6. The Kier molecular flexibility index (Phi) is 12.2. The third kappa shape index (κ3) is 8.96. The minimum Gasteiger partial charge on any atom is -0.346 e. The molecule has 6 amide bonds. The number of likely N-dealkylation sites (tertiary alicyclic amines) is 2. The monoisotopic (exact) mass is 710 g/mol. The highest BCUT2D eigenvalue weighted by molar-refractivity contribution is 6.38.